The first-order valence-electron chi connectivity index (χ1n) is 12.3. The average molecular weight is 556 g/mol. The number of fused-ring (bicyclic) bond motifs is 1. The summed E-state index contributed by atoms with van der Waals surface area (Å²) < 4.78 is 55.2. The third-order valence-corrected chi connectivity index (χ3v) is 6.73. The fourth-order valence-corrected chi connectivity index (χ4v) is 4.87. The van der Waals surface area contributed by atoms with Crippen molar-refractivity contribution >= 4 is 16.9 Å². The lowest BCUT2D eigenvalue weighted by atomic mass is 9.85. The molecule has 1 fully saturated rings. The van der Waals surface area contributed by atoms with Crippen LogP contribution in [-0.2, 0) is 9.53 Å². The molecule has 1 aliphatic rings. The number of aromatic hydroxyl groups is 2. The third-order valence-electron chi connectivity index (χ3n) is 6.73. The number of likely N-dealkylation sites (tertiary alicyclic amines) is 1. The van der Waals surface area contributed by atoms with Gasteiger partial charge in [-0.1, -0.05) is 30.3 Å². The molecular weight excluding hydrogens is 531 g/mol. The minimum atomic E-state index is -5.21. The lowest BCUT2D eigenvalue weighted by molar-refractivity contribution is -0.207. The van der Waals surface area contributed by atoms with E-state index in [1.165, 1.54) is 6.07 Å². The normalized spacial score (nSPS) is 18.0. The van der Waals surface area contributed by atoms with Crippen LogP contribution in [0.5, 0.6) is 23.0 Å². The van der Waals surface area contributed by atoms with Crippen molar-refractivity contribution in [1.29, 1.82) is 0 Å². The summed E-state index contributed by atoms with van der Waals surface area (Å²) in [5.41, 5.74) is -0.461. The van der Waals surface area contributed by atoms with Gasteiger partial charge in [-0.15, -0.1) is 0 Å². The maximum Gasteiger partial charge on any atom is 0.490 e. The van der Waals surface area contributed by atoms with Gasteiger partial charge in [0.1, 0.15) is 45.8 Å². The molecule has 2 atom stereocenters. The van der Waals surface area contributed by atoms with E-state index in [2.05, 4.69) is 0 Å². The Balaban J connectivity index is 1.52. The van der Waals surface area contributed by atoms with Crippen LogP contribution in [0.15, 0.2) is 75.9 Å². The molecule has 4 aromatic rings. The molecule has 40 heavy (non-hydrogen) atoms. The van der Waals surface area contributed by atoms with Crippen molar-refractivity contribution in [3.63, 3.8) is 0 Å². The van der Waals surface area contributed by atoms with Gasteiger partial charge in [0.15, 0.2) is 5.43 Å². The highest BCUT2D eigenvalue weighted by molar-refractivity contribution is 5.88. The molecule has 0 radical (unpaired) electrons. The molecule has 0 bridgehead atoms. The summed E-state index contributed by atoms with van der Waals surface area (Å²) in [5, 5.41) is 21.7. The van der Waals surface area contributed by atoms with Crippen LogP contribution >= 0.6 is 0 Å². The molecule has 0 unspecified atom stereocenters. The van der Waals surface area contributed by atoms with Crippen molar-refractivity contribution in [3.8, 4) is 34.3 Å². The van der Waals surface area contributed by atoms with Crippen LogP contribution in [0.1, 0.15) is 17.9 Å². The Morgan fingerprint density at radius 1 is 1.02 bits per heavy atom. The molecule has 2 heterocycles. The van der Waals surface area contributed by atoms with Crippen LogP contribution in [0.25, 0.3) is 22.3 Å². The van der Waals surface area contributed by atoms with Gasteiger partial charge in [-0.2, -0.15) is 13.2 Å². The van der Waals surface area contributed by atoms with E-state index < -0.39 is 41.1 Å². The predicted octanol–water partition coefficient (Wildman–Crippen LogP) is 5.56. The quantitative estimate of drug-likeness (QED) is 0.308. The molecule has 0 amide bonds. The molecular formula is C29H24F3NO7. The van der Waals surface area contributed by atoms with Crippen molar-refractivity contribution in [2.24, 2.45) is 0 Å². The maximum absolute atomic E-state index is 13.2. The first kappa shape index (κ1) is 27.1. The van der Waals surface area contributed by atoms with Gasteiger partial charge in [0.2, 0.25) is 0 Å². The van der Waals surface area contributed by atoms with Crippen LogP contribution in [0, 0.1) is 0 Å². The van der Waals surface area contributed by atoms with E-state index >= 15 is 0 Å². The van der Waals surface area contributed by atoms with Gasteiger partial charge in [0.25, 0.3) is 0 Å². The van der Waals surface area contributed by atoms with Crippen LogP contribution in [0.3, 0.4) is 0 Å². The van der Waals surface area contributed by atoms with Gasteiger partial charge in [0.05, 0.1) is 0 Å². The van der Waals surface area contributed by atoms with E-state index in [1.54, 1.807) is 48.3 Å². The van der Waals surface area contributed by atoms with E-state index in [-0.39, 0.29) is 35.3 Å². The molecule has 3 aromatic carbocycles. The molecule has 1 aliphatic heterocycles. The van der Waals surface area contributed by atoms with Gasteiger partial charge in [-0.25, -0.2) is 4.79 Å². The number of benzene rings is 3. The van der Waals surface area contributed by atoms with E-state index in [1.807, 2.05) is 18.2 Å². The molecule has 8 nitrogen and oxygen atoms in total. The van der Waals surface area contributed by atoms with Crippen molar-refractivity contribution < 1.29 is 42.1 Å². The Bertz CT molecular complexity index is 1620. The van der Waals surface area contributed by atoms with E-state index in [4.69, 9.17) is 13.9 Å². The summed E-state index contributed by atoms with van der Waals surface area (Å²) in [5.74, 6) is -3.30. The monoisotopic (exact) mass is 555 g/mol. The second-order valence-corrected chi connectivity index (χ2v) is 9.55. The second kappa shape index (κ2) is 10.6. The highest BCUT2D eigenvalue weighted by Gasteiger charge is 2.45. The maximum atomic E-state index is 13.2. The number of carbonyl (C=O) groups is 1. The van der Waals surface area contributed by atoms with Crippen LogP contribution in [0.4, 0.5) is 13.2 Å². The Morgan fingerprint density at radius 3 is 2.48 bits per heavy atom. The zero-order chi connectivity index (χ0) is 28.6. The molecule has 0 spiro atoms. The standard InChI is InChI=1S/C29H24F3NO7/c1-33-11-10-19(24(15-33)40-28(37)29(30,31)32)25-20(34)14-23-26(27(25)36)21(35)13-22(39-23)16-6-5-9-18(12-16)38-17-7-3-2-4-8-17/h2-9,12-14,19,24,34,36H,10-11,15H2,1H3/t19-,24+/m0/s1. The number of phenols is 2. The Morgan fingerprint density at radius 2 is 1.75 bits per heavy atom. The SMILES string of the molecule is CN1CC[C@H](c2c(O)cc3oc(-c4cccc(Oc5ccccc5)c4)cc(=O)c3c2O)[C@H](OC(=O)C(F)(F)F)C1. The summed E-state index contributed by atoms with van der Waals surface area (Å²) in [7, 11) is 1.64. The lowest BCUT2D eigenvalue weighted by Crippen LogP contribution is -2.45. The van der Waals surface area contributed by atoms with E-state index in [0.29, 0.717) is 23.6 Å². The fraction of sp³-hybridized carbons (Fsp3) is 0.241. The van der Waals surface area contributed by atoms with Gasteiger partial charge in [-0.3, -0.25) is 4.79 Å². The topological polar surface area (TPSA) is 109 Å². The van der Waals surface area contributed by atoms with Crippen LogP contribution in [-0.4, -0.2) is 53.5 Å². The molecule has 0 saturated carbocycles. The Hall–Kier alpha value is -4.51. The number of halogens is 3. The van der Waals surface area contributed by atoms with Crippen molar-refractivity contribution in [2.75, 3.05) is 20.1 Å². The number of esters is 1. The predicted molar refractivity (Wildman–Crippen MR) is 139 cm³/mol. The van der Waals surface area contributed by atoms with Crippen molar-refractivity contribution in [2.45, 2.75) is 24.6 Å². The van der Waals surface area contributed by atoms with Crippen molar-refractivity contribution in [3.05, 3.63) is 82.5 Å². The number of rotatable bonds is 5. The molecule has 2 N–H and O–H groups in total. The number of carbonyl (C=O) groups excluding carboxylic acids is 1. The summed E-state index contributed by atoms with van der Waals surface area (Å²) in [6.45, 7) is 0.314. The summed E-state index contributed by atoms with van der Waals surface area (Å²) >= 11 is 0. The number of hydrogen-bond donors (Lipinski definition) is 2. The van der Waals surface area contributed by atoms with Crippen LogP contribution < -0.4 is 10.2 Å². The number of nitrogens with zero attached hydrogens (tertiary/aromatic N) is 1. The first-order chi connectivity index (χ1) is 19.0. The van der Waals surface area contributed by atoms with Crippen molar-refractivity contribution in [1.82, 2.24) is 4.90 Å². The smallest absolute Gasteiger partial charge is 0.490 e. The Kier molecular flexibility index (Phi) is 7.16. The first-order valence-corrected chi connectivity index (χ1v) is 12.3. The fourth-order valence-electron chi connectivity index (χ4n) is 4.87. The van der Waals surface area contributed by atoms with Gasteiger partial charge in [0, 0.05) is 35.7 Å². The Labute approximate surface area is 225 Å². The molecule has 1 aromatic heterocycles. The van der Waals surface area contributed by atoms with E-state index in [0.717, 1.165) is 6.07 Å². The number of phenolic OH excluding ortho intramolecular Hbond substituents is 2. The highest BCUT2D eigenvalue weighted by Crippen LogP contribution is 2.44. The van der Waals surface area contributed by atoms with Gasteiger partial charge >= 0.3 is 12.1 Å². The molecule has 0 aliphatic carbocycles. The number of hydrogen-bond acceptors (Lipinski definition) is 8. The zero-order valence-electron chi connectivity index (χ0n) is 21.1. The number of likely N-dealkylation sites (N-methyl/N-ethyl adjacent to an activating group) is 1. The number of para-hydroxylation sites is 1. The number of ether oxygens (including phenoxy) is 2. The largest absolute Gasteiger partial charge is 0.507 e. The molecule has 208 valence electrons. The second-order valence-electron chi connectivity index (χ2n) is 9.55. The number of piperidine rings is 1. The zero-order valence-corrected chi connectivity index (χ0v) is 21.1. The molecule has 1 saturated heterocycles. The van der Waals surface area contributed by atoms with Gasteiger partial charge in [-0.05, 0) is 44.3 Å². The summed E-state index contributed by atoms with van der Waals surface area (Å²) in [6, 6.07) is 18.1. The molecule has 5 rings (SSSR count). The highest BCUT2D eigenvalue weighted by atomic mass is 19.4. The lowest BCUT2D eigenvalue weighted by Gasteiger charge is -2.37. The molecule has 11 heteroatoms. The summed E-state index contributed by atoms with van der Waals surface area (Å²) in [4.78, 5) is 26.4. The van der Waals surface area contributed by atoms with Gasteiger partial charge < -0.3 is 29.0 Å². The average Bonchev–Trinajstić information content (AvgIpc) is 2.89. The summed E-state index contributed by atoms with van der Waals surface area (Å²) in [6.07, 6.45) is -6.40. The number of alkyl halides is 3. The minimum Gasteiger partial charge on any atom is -0.507 e. The van der Waals surface area contributed by atoms with Crippen LogP contribution in [0.2, 0.25) is 0 Å². The van der Waals surface area contributed by atoms with E-state index in [9.17, 15) is 33.0 Å². The minimum absolute atomic E-state index is 0.0711. The third kappa shape index (κ3) is 5.46.